The van der Waals surface area contributed by atoms with E-state index in [4.69, 9.17) is 4.74 Å². The minimum atomic E-state index is -0.812. The quantitative estimate of drug-likeness (QED) is 0.593. The van der Waals surface area contributed by atoms with Crippen molar-refractivity contribution in [2.75, 3.05) is 26.2 Å². The van der Waals surface area contributed by atoms with E-state index in [2.05, 4.69) is 29.6 Å². The fraction of sp³-hybridized carbons (Fsp3) is 0.464. The third-order valence-corrected chi connectivity index (χ3v) is 8.58. The predicted octanol–water partition coefficient (Wildman–Crippen LogP) is 4.26. The summed E-state index contributed by atoms with van der Waals surface area (Å²) in [6.07, 6.45) is 1.20. The van der Waals surface area contributed by atoms with Gasteiger partial charge in [-0.15, -0.1) is 0 Å². The average molecular weight is 477 g/mol. The number of carbonyl (C=O) groups is 3. The van der Waals surface area contributed by atoms with E-state index in [0.29, 0.717) is 25.8 Å². The Balaban J connectivity index is 1.22. The number of likely N-dealkylation sites (tertiary alicyclic amines) is 1. The SMILES string of the molecule is CCC(CC)(CNC(=O)OCC1c2ccccc2-c2ccccc21)C(=O)N1CC2CC2(C(=O)O)C1. The standard InChI is InChI=1S/C28H32N2O5/c1-3-27(4-2,24(31)30-14-18-13-28(18,17-30)25(32)33)16-29-26(34)35-15-23-21-11-7-5-9-19(21)20-10-6-8-12-22(20)23/h5-12,18,23H,3-4,13-17H2,1-2H3,(H,29,34)(H,32,33). The molecule has 0 bridgehead atoms. The Bertz CT molecular complexity index is 1130. The summed E-state index contributed by atoms with van der Waals surface area (Å²) in [4.78, 5) is 39.5. The number of alkyl carbamates (subject to hydrolysis) is 1. The molecule has 2 unspecified atom stereocenters. The number of nitrogens with one attached hydrogen (secondary N) is 1. The first-order chi connectivity index (χ1) is 16.8. The molecule has 2 atom stereocenters. The Morgan fingerprint density at radius 3 is 2.20 bits per heavy atom. The normalized spacial score (nSPS) is 22.2. The third kappa shape index (κ3) is 3.77. The lowest BCUT2D eigenvalue weighted by Crippen LogP contribution is -2.50. The van der Waals surface area contributed by atoms with Gasteiger partial charge in [-0.3, -0.25) is 9.59 Å². The number of carboxylic acid groups (broad SMARTS) is 1. The number of hydrogen-bond donors (Lipinski definition) is 2. The lowest BCUT2D eigenvalue weighted by molar-refractivity contribution is -0.146. The van der Waals surface area contributed by atoms with Crippen molar-refractivity contribution in [1.29, 1.82) is 0 Å². The van der Waals surface area contributed by atoms with Crippen LogP contribution in [0.1, 0.15) is 50.2 Å². The van der Waals surface area contributed by atoms with E-state index in [-0.39, 0.29) is 37.4 Å². The zero-order valence-corrected chi connectivity index (χ0v) is 20.3. The smallest absolute Gasteiger partial charge is 0.407 e. The average Bonchev–Trinajstić information content (AvgIpc) is 3.31. The number of nitrogens with zero attached hydrogens (tertiary/aromatic N) is 1. The molecule has 0 spiro atoms. The molecule has 3 aliphatic rings. The van der Waals surface area contributed by atoms with Crippen molar-refractivity contribution in [2.24, 2.45) is 16.7 Å². The minimum absolute atomic E-state index is 0.0274. The molecule has 7 nitrogen and oxygen atoms in total. The first kappa shape index (κ1) is 23.4. The van der Waals surface area contributed by atoms with Crippen LogP contribution in [0.4, 0.5) is 4.79 Å². The monoisotopic (exact) mass is 476 g/mol. The Morgan fingerprint density at radius 1 is 1.06 bits per heavy atom. The number of hydrogen-bond acceptors (Lipinski definition) is 4. The van der Waals surface area contributed by atoms with Crippen LogP contribution >= 0.6 is 0 Å². The molecule has 2 fully saturated rings. The number of amides is 2. The molecule has 5 rings (SSSR count). The molecule has 2 aromatic carbocycles. The summed E-state index contributed by atoms with van der Waals surface area (Å²) in [7, 11) is 0. The largest absolute Gasteiger partial charge is 0.481 e. The highest BCUT2D eigenvalue weighted by molar-refractivity contribution is 5.87. The minimum Gasteiger partial charge on any atom is -0.481 e. The Morgan fingerprint density at radius 2 is 1.66 bits per heavy atom. The van der Waals surface area contributed by atoms with Gasteiger partial charge in [0, 0.05) is 25.6 Å². The summed E-state index contributed by atoms with van der Waals surface area (Å²) in [6.45, 7) is 5.00. The molecule has 184 valence electrons. The number of ether oxygens (including phenoxy) is 1. The van der Waals surface area contributed by atoms with Gasteiger partial charge in [-0.1, -0.05) is 62.4 Å². The number of fused-ring (bicyclic) bond motifs is 4. The number of piperidine rings is 1. The van der Waals surface area contributed by atoms with E-state index < -0.39 is 22.9 Å². The topological polar surface area (TPSA) is 95.9 Å². The lowest BCUT2D eigenvalue weighted by Gasteiger charge is -2.35. The van der Waals surface area contributed by atoms with Crippen molar-refractivity contribution in [2.45, 2.75) is 39.0 Å². The Hall–Kier alpha value is -3.35. The highest BCUT2D eigenvalue weighted by Crippen LogP contribution is 2.58. The van der Waals surface area contributed by atoms with Gasteiger partial charge >= 0.3 is 12.1 Å². The molecule has 35 heavy (non-hydrogen) atoms. The molecule has 2 amide bonds. The molecule has 2 N–H and O–H groups in total. The Kier molecular flexibility index (Phi) is 5.82. The van der Waals surface area contributed by atoms with E-state index >= 15 is 0 Å². The van der Waals surface area contributed by atoms with Crippen molar-refractivity contribution in [3.8, 4) is 11.1 Å². The number of carbonyl (C=O) groups excluding carboxylic acids is 2. The summed E-state index contributed by atoms with van der Waals surface area (Å²) in [5.41, 5.74) is 3.09. The van der Waals surface area contributed by atoms with Crippen molar-refractivity contribution < 1.29 is 24.2 Å². The molecular formula is C28H32N2O5. The Labute approximate surface area is 205 Å². The van der Waals surface area contributed by atoms with Crippen LogP contribution in [0.2, 0.25) is 0 Å². The zero-order valence-electron chi connectivity index (χ0n) is 20.3. The number of carboxylic acids is 1. The highest BCUT2D eigenvalue weighted by atomic mass is 16.5. The fourth-order valence-electron chi connectivity index (χ4n) is 6.07. The summed E-state index contributed by atoms with van der Waals surface area (Å²) in [5, 5.41) is 12.4. The van der Waals surface area contributed by atoms with Gasteiger partial charge in [-0.05, 0) is 47.4 Å². The van der Waals surface area contributed by atoms with Crippen LogP contribution in [0.3, 0.4) is 0 Å². The maximum Gasteiger partial charge on any atom is 0.407 e. The molecule has 0 aromatic heterocycles. The van der Waals surface area contributed by atoms with Crippen molar-refractivity contribution in [1.82, 2.24) is 10.2 Å². The molecular weight excluding hydrogens is 444 g/mol. The van der Waals surface area contributed by atoms with Crippen LogP contribution < -0.4 is 5.32 Å². The van der Waals surface area contributed by atoms with Crippen LogP contribution in [0.25, 0.3) is 11.1 Å². The molecule has 1 aliphatic heterocycles. The molecule has 1 heterocycles. The van der Waals surface area contributed by atoms with Gasteiger partial charge < -0.3 is 20.1 Å². The van der Waals surface area contributed by atoms with Crippen LogP contribution in [0, 0.1) is 16.7 Å². The van der Waals surface area contributed by atoms with Gasteiger partial charge in [0.05, 0.1) is 10.8 Å². The van der Waals surface area contributed by atoms with E-state index in [1.165, 1.54) is 11.1 Å². The van der Waals surface area contributed by atoms with Crippen molar-refractivity contribution >= 4 is 18.0 Å². The summed E-state index contributed by atoms with van der Waals surface area (Å²) < 4.78 is 5.65. The number of rotatable bonds is 8. The predicted molar refractivity (Wildman–Crippen MR) is 131 cm³/mol. The second-order valence-corrected chi connectivity index (χ2v) is 10.2. The van der Waals surface area contributed by atoms with Crippen LogP contribution in [-0.2, 0) is 14.3 Å². The van der Waals surface area contributed by atoms with Gasteiger partial charge in [0.2, 0.25) is 5.91 Å². The van der Waals surface area contributed by atoms with E-state index in [1.807, 2.05) is 38.1 Å². The van der Waals surface area contributed by atoms with Gasteiger partial charge in [-0.25, -0.2) is 4.79 Å². The third-order valence-electron chi connectivity index (χ3n) is 8.58. The lowest BCUT2D eigenvalue weighted by atomic mass is 9.80. The van der Waals surface area contributed by atoms with Gasteiger partial charge in [0.25, 0.3) is 0 Å². The van der Waals surface area contributed by atoms with Crippen molar-refractivity contribution in [3.05, 3.63) is 59.7 Å². The summed E-state index contributed by atoms with van der Waals surface area (Å²) in [6, 6.07) is 16.3. The van der Waals surface area contributed by atoms with Crippen LogP contribution in [0.5, 0.6) is 0 Å². The number of aliphatic carboxylic acids is 1. The molecule has 0 radical (unpaired) electrons. The molecule has 7 heteroatoms. The van der Waals surface area contributed by atoms with Gasteiger partial charge in [0.15, 0.2) is 0 Å². The fourth-order valence-corrected chi connectivity index (χ4v) is 6.07. The van der Waals surface area contributed by atoms with Crippen molar-refractivity contribution in [3.63, 3.8) is 0 Å². The molecule has 1 saturated heterocycles. The van der Waals surface area contributed by atoms with E-state index in [1.54, 1.807) is 4.90 Å². The van der Waals surface area contributed by atoms with E-state index in [0.717, 1.165) is 11.1 Å². The maximum absolute atomic E-state index is 13.5. The van der Waals surface area contributed by atoms with Crippen LogP contribution in [0.15, 0.2) is 48.5 Å². The first-order valence-electron chi connectivity index (χ1n) is 12.5. The summed E-state index contributed by atoms with van der Waals surface area (Å²) >= 11 is 0. The van der Waals surface area contributed by atoms with Gasteiger partial charge in [0.1, 0.15) is 6.61 Å². The summed E-state index contributed by atoms with van der Waals surface area (Å²) in [5.74, 6) is -0.867. The zero-order chi connectivity index (χ0) is 24.8. The maximum atomic E-state index is 13.5. The number of benzene rings is 2. The molecule has 2 aromatic rings. The van der Waals surface area contributed by atoms with Crippen LogP contribution in [-0.4, -0.2) is 54.2 Å². The molecule has 1 saturated carbocycles. The highest BCUT2D eigenvalue weighted by Gasteiger charge is 2.66. The van der Waals surface area contributed by atoms with E-state index in [9.17, 15) is 19.5 Å². The second kappa shape index (κ2) is 8.70. The second-order valence-electron chi connectivity index (χ2n) is 10.2. The van der Waals surface area contributed by atoms with Gasteiger partial charge in [-0.2, -0.15) is 0 Å². The first-order valence-corrected chi connectivity index (χ1v) is 12.5. The molecule has 2 aliphatic carbocycles.